The number of carbonyl (C=O) groups excluding carboxylic acids is 2. The van der Waals surface area contributed by atoms with E-state index in [-0.39, 0.29) is 23.6 Å². The highest BCUT2D eigenvalue weighted by atomic mass is 35.5. The van der Waals surface area contributed by atoms with Crippen molar-refractivity contribution in [3.63, 3.8) is 0 Å². The van der Waals surface area contributed by atoms with Crippen molar-refractivity contribution in [3.8, 4) is 0 Å². The van der Waals surface area contributed by atoms with Crippen molar-refractivity contribution < 1.29 is 14.0 Å². The van der Waals surface area contributed by atoms with Crippen LogP contribution in [0.4, 0.5) is 5.69 Å². The zero-order valence-electron chi connectivity index (χ0n) is 14.7. The fourth-order valence-electron chi connectivity index (χ4n) is 2.65. The molecule has 0 atom stereocenters. The Hall–Kier alpha value is -2.79. The maximum Gasteiger partial charge on any atom is 0.291 e. The molecule has 3 aromatic rings. The van der Waals surface area contributed by atoms with Gasteiger partial charge < -0.3 is 15.1 Å². The fraction of sp³-hybridized carbons (Fsp3) is 0.200. The molecule has 1 aromatic heterocycles. The maximum atomic E-state index is 12.5. The summed E-state index contributed by atoms with van der Waals surface area (Å²) < 4.78 is 5.66. The van der Waals surface area contributed by atoms with E-state index in [0.717, 1.165) is 10.9 Å². The molecule has 0 spiro atoms. The molecule has 0 aliphatic heterocycles. The summed E-state index contributed by atoms with van der Waals surface area (Å²) in [5.74, 6) is -0.263. The lowest BCUT2D eigenvalue weighted by atomic mass is 10.1. The predicted molar refractivity (Wildman–Crippen MR) is 103 cm³/mol. The number of hydrogen-bond donors (Lipinski definition) is 2. The molecule has 134 valence electrons. The lowest BCUT2D eigenvalue weighted by molar-refractivity contribution is 0.0942. The molecule has 0 saturated carbocycles. The first-order valence-corrected chi connectivity index (χ1v) is 8.64. The van der Waals surface area contributed by atoms with Crippen LogP contribution in [0.3, 0.4) is 0 Å². The first kappa shape index (κ1) is 18.0. The lowest BCUT2D eigenvalue weighted by Crippen LogP contribution is -2.30. The molecular weight excluding hydrogens is 352 g/mol. The number of carbonyl (C=O) groups is 2. The Morgan fingerprint density at radius 2 is 1.73 bits per heavy atom. The molecule has 5 nitrogen and oxygen atoms in total. The van der Waals surface area contributed by atoms with Gasteiger partial charge in [0, 0.05) is 33.3 Å². The Labute approximate surface area is 156 Å². The van der Waals surface area contributed by atoms with Gasteiger partial charge >= 0.3 is 0 Å². The van der Waals surface area contributed by atoms with Crippen molar-refractivity contribution in [2.24, 2.45) is 0 Å². The van der Waals surface area contributed by atoms with Crippen molar-refractivity contribution in [1.82, 2.24) is 5.32 Å². The van der Waals surface area contributed by atoms with Crippen LogP contribution >= 0.6 is 11.6 Å². The summed E-state index contributed by atoms with van der Waals surface area (Å²) in [6, 6.07) is 12.0. The second-order valence-corrected chi connectivity index (χ2v) is 6.79. The molecule has 26 heavy (non-hydrogen) atoms. The summed E-state index contributed by atoms with van der Waals surface area (Å²) in [5.41, 5.74) is 2.45. The molecule has 0 bridgehead atoms. The van der Waals surface area contributed by atoms with Gasteiger partial charge in [0.1, 0.15) is 5.58 Å². The van der Waals surface area contributed by atoms with Crippen molar-refractivity contribution >= 4 is 40.1 Å². The van der Waals surface area contributed by atoms with Crippen LogP contribution in [0.5, 0.6) is 0 Å². The summed E-state index contributed by atoms with van der Waals surface area (Å²) in [5, 5.41) is 7.00. The minimum Gasteiger partial charge on any atom is -0.451 e. The molecule has 2 amide bonds. The van der Waals surface area contributed by atoms with Gasteiger partial charge in [-0.25, -0.2) is 0 Å². The molecular formula is C20H19ClN2O3. The molecule has 3 rings (SSSR count). The van der Waals surface area contributed by atoms with Crippen molar-refractivity contribution in [2.75, 3.05) is 5.32 Å². The summed E-state index contributed by atoms with van der Waals surface area (Å²) in [4.78, 5) is 24.5. The van der Waals surface area contributed by atoms with Gasteiger partial charge in [0.25, 0.3) is 11.8 Å². The Kier molecular flexibility index (Phi) is 5.00. The van der Waals surface area contributed by atoms with Crippen LogP contribution in [0, 0.1) is 6.92 Å². The van der Waals surface area contributed by atoms with E-state index in [9.17, 15) is 9.59 Å². The highest BCUT2D eigenvalue weighted by molar-refractivity contribution is 6.31. The number of halogens is 1. The number of rotatable bonds is 4. The second kappa shape index (κ2) is 7.22. The Balaban J connectivity index is 1.78. The van der Waals surface area contributed by atoms with E-state index in [1.165, 1.54) is 0 Å². The molecule has 0 unspecified atom stereocenters. The smallest absolute Gasteiger partial charge is 0.291 e. The van der Waals surface area contributed by atoms with Crippen LogP contribution in [0.1, 0.15) is 40.3 Å². The number of hydrogen-bond acceptors (Lipinski definition) is 3. The van der Waals surface area contributed by atoms with E-state index in [2.05, 4.69) is 10.6 Å². The molecule has 6 heteroatoms. The molecule has 0 radical (unpaired) electrons. The fourth-order valence-corrected chi connectivity index (χ4v) is 2.82. The summed E-state index contributed by atoms with van der Waals surface area (Å²) in [7, 11) is 0. The average Bonchev–Trinajstić information content (AvgIpc) is 2.91. The summed E-state index contributed by atoms with van der Waals surface area (Å²) in [6.07, 6.45) is 0. The van der Waals surface area contributed by atoms with Crippen molar-refractivity contribution in [3.05, 3.63) is 64.4 Å². The number of aryl methyl sites for hydroxylation is 1. The molecule has 2 N–H and O–H groups in total. The molecule has 2 aromatic carbocycles. The van der Waals surface area contributed by atoms with Gasteiger partial charge in [0.2, 0.25) is 0 Å². The predicted octanol–water partition coefficient (Wildman–Crippen LogP) is 4.79. The highest BCUT2D eigenvalue weighted by Gasteiger charge is 2.18. The maximum absolute atomic E-state index is 12.5. The number of amides is 2. The molecule has 0 fully saturated rings. The highest BCUT2D eigenvalue weighted by Crippen LogP contribution is 2.28. The van der Waals surface area contributed by atoms with Crippen LogP contribution in [0.25, 0.3) is 11.0 Å². The Morgan fingerprint density at radius 1 is 1.04 bits per heavy atom. The molecule has 0 saturated heterocycles. The largest absolute Gasteiger partial charge is 0.451 e. The van der Waals surface area contributed by atoms with Gasteiger partial charge in [-0.3, -0.25) is 9.59 Å². The third kappa shape index (κ3) is 3.73. The molecule has 1 heterocycles. The van der Waals surface area contributed by atoms with Crippen LogP contribution in [-0.2, 0) is 0 Å². The van der Waals surface area contributed by atoms with Gasteiger partial charge in [0.15, 0.2) is 5.76 Å². The van der Waals surface area contributed by atoms with Crippen LogP contribution < -0.4 is 10.6 Å². The molecule has 0 aliphatic rings. The van der Waals surface area contributed by atoms with Crippen LogP contribution in [0.15, 0.2) is 46.9 Å². The van der Waals surface area contributed by atoms with E-state index in [1.54, 1.807) is 42.5 Å². The molecule has 0 aliphatic carbocycles. The van der Waals surface area contributed by atoms with E-state index in [1.807, 2.05) is 20.8 Å². The first-order valence-electron chi connectivity index (χ1n) is 8.26. The summed E-state index contributed by atoms with van der Waals surface area (Å²) >= 11 is 6.01. The second-order valence-electron chi connectivity index (χ2n) is 6.36. The van der Waals surface area contributed by atoms with E-state index < -0.39 is 0 Å². The normalized spacial score (nSPS) is 11.0. The number of fused-ring (bicyclic) bond motifs is 1. The minimum absolute atomic E-state index is 0.0615. The van der Waals surface area contributed by atoms with E-state index in [4.69, 9.17) is 16.0 Å². The van der Waals surface area contributed by atoms with E-state index >= 15 is 0 Å². The number of benzene rings is 2. The summed E-state index contributed by atoms with van der Waals surface area (Å²) in [6.45, 7) is 5.61. The minimum atomic E-state index is -0.353. The quantitative estimate of drug-likeness (QED) is 0.693. The lowest BCUT2D eigenvalue weighted by Gasteiger charge is -2.09. The monoisotopic (exact) mass is 370 g/mol. The van der Waals surface area contributed by atoms with Gasteiger partial charge in [-0.2, -0.15) is 0 Å². The van der Waals surface area contributed by atoms with Gasteiger partial charge in [-0.05, 0) is 63.2 Å². The van der Waals surface area contributed by atoms with E-state index in [0.29, 0.717) is 21.9 Å². The zero-order chi connectivity index (χ0) is 18.8. The van der Waals surface area contributed by atoms with Gasteiger partial charge in [-0.1, -0.05) is 11.6 Å². The SMILES string of the molecule is Cc1c(C(=O)Nc2ccc(C(=O)NC(C)C)cc2)oc2ccc(Cl)cc12. The van der Waals surface area contributed by atoms with Gasteiger partial charge in [0.05, 0.1) is 0 Å². The average molecular weight is 371 g/mol. The number of anilines is 1. The number of furan rings is 1. The Morgan fingerprint density at radius 3 is 2.38 bits per heavy atom. The Bertz CT molecular complexity index is 975. The third-order valence-corrected chi connectivity index (χ3v) is 4.16. The van der Waals surface area contributed by atoms with Crippen molar-refractivity contribution in [1.29, 1.82) is 0 Å². The van der Waals surface area contributed by atoms with Crippen molar-refractivity contribution in [2.45, 2.75) is 26.8 Å². The van der Waals surface area contributed by atoms with Crippen LogP contribution in [-0.4, -0.2) is 17.9 Å². The van der Waals surface area contributed by atoms with Gasteiger partial charge in [-0.15, -0.1) is 0 Å². The van der Waals surface area contributed by atoms with Crippen LogP contribution in [0.2, 0.25) is 5.02 Å². The zero-order valence-corrected chi connectivity index (χ0v) is 15.5. The number of nitrogens with one attached hydrogen (secondary N) is 2. The standard InChI is InChI=1S/C20H19ClN2O3/c1-11(2)22-19(24)13-4-7-15(8-5-13)23-20(25)18-12(3)16-10-14(21)6-9-17(16)26-18/h4-11H,1-3H3,(H,22,24)(H,23,25). The first-order chi connectivity index (χ1) is 12.3. The third-order valence-electron chi connectivity index (χ3n) is 3.93. The topological polar surface area (TPSA) is 71.3 Å².